The van der Waals surface area contributed by atoms with Crippen LogP contribution >= 0.6 is 0 Å². The van der Waals surface area contributed by atoms with Gasteiger partial charge in [-0.1, -0.05) is 12.1 Å². The molecular weight excluding hydrogens is 640 g/mol. The van der Waals surface area contributed by atoms with Gasteiger partial charge in [-0.2, -0.15) is 0 Å². The normalized spacial score (nSPS) is 12.7. The Morgan fingerprint density at radius 2 is 1.71 bits per heavy atom. The van der Waals surface area contributed by atoms with Crippen LogP contribution in [0.1, 0.15) is 27.8 Å². The van der Waals surface area contributed by atoms with Crippen molar-refractivity contribution in [2.75, 3.05) is 38.4 Å². The summed E-state index contributed by atoms with van der Waals surface area (Å²) in [6.45, 7) is 1.82. The summed E-state index contributed by atoms with van der Waals surface area (Å²) >= 11 is 0. The molecule has 0 aliphatic heterocycles. The van der Waals surface area contributed by atoms with Crippen LogP contribution in [0.3, 0.4) is 0 Å². The highest BCUT2D eigenvalue weighted by Crippen LogP contribution is 2.41. The second-order valence-corrected chi connectivity index (χ2v) is 12.5. The van der Waals surface area contributed by atoms with Crippen molar-refractivity contribution in [3.8, 4) is 22.6 Å². The molecule has 0 bridgehead atoms. The number of rotatable bonds is 9. The number of pyridine rings is 1. The van der Waals surface area contributed by atoms with Gasteiger partial charge in [0.1, 0.15) is 39.8 Å². The summed E-state index contributed by atoms with van der Waals surface area (Å²) in [6.07, 6.45) is 1.51. The van der Waals surface area contributed by atoms with E-state index >= 15 is 0 Å². The first kappa shape index (κ1) is 32.7. The highest BCUT2D eigenvalue weighted by molar-refractivity contribution is 7.85. The number of aromatic nitrogens is 3. The molecule has 2 atom stereocenters. The molecule has 13 heteroatoms. The van der Waals surface area contributed by atoms with Gasteiger partial charge in [0.05, 0.1) is 35.1 Å². The number of hydrogen-bond donors (Lipinski definition) is 1. The maximum atomic E-state index is 14.2. The average Bonchev–Trinajstić information content (AvgIpc) is 3.45. The van der Waals surface area contributed by atoms with Crippen LogP contribution in [0.5, 0.6) is 0 Å². The number of carbonyl (C=O) groups is 1. The van der Waals surface area contributed by atoms with E-state index in [-0.39, 0.29) is 23.4 Å². The summed E-state index contributed by atoms with van der Waals surface area (Å²) in [5.41, 5.74) is 2.95. The third-order valence-electron chi connectivity index (χ3n) is 8.18. The standard InChI is InChI=1S/C35H31F2N5O5S/c1-19-39-27-15-14-26(40-32(27)35(44)42(19)29(18-46-4)20-6-10-22(36)11-7-20)24-16-25-30(17-28(24)41(3)48(5)45)47-33(31(25)34(43)38-2)21-8-12-23(37)13-9-21/h6-17,29H,18H2,1-5H3,(H,38,43)/t29-,48?/m1/s1. The van der Waals surface area contributed by atoms with Crippen LogP contribution in [0.25, 0.3) is 44.6 Å². The molecule has 0 radical (unpaired) electrons. The van der Waals surface area contributed by atoms with Gasteiger partial charge in [0, 0.05) is 50.0 Å². The van der Waals surface area contributed by atoms with Crippen LogP contribution in [-0.4, -0.2) is 58.7 Å². The molecule has 0 spiro atoms. The number of methoxy groups -OCH3 is 1. The van der Waals surface area contributed by atoms with Gasteiger partial charge >= 0.3 is 0 Å². The lowest BCUT2D eigenvalue weighted by Crippen LogP contribution is -2.31. The summed E-state index contributed by atoms with van der Waals surface area (Å²) in [7, 11) is 3.16. The molecule has 48 heavy (non-hydrogen) atoms. The Morgan fingerprint density at radius 1 is 1.04 bits per heavy atom. The fourth-order valence-corrected chi connectivity index (χ4v) is 6.19. The number of halogens is 2. The fraction of sp³-hybridized carbons (Fsp3) is 0.200. The second-order valence-electron chi connectivity index (χ2n) is 11.1. The number of ether oxygens (including phenoxy) is 1. The largest absolute Gasteiger partial charge is 0.455 e. The van der Waals surface area contributed by atoms with E-state index in [9.17, 15) is 22.6 Å². The highest BCUT2D eigenvalue weighted by atomic mass is 32.2. The average molecular weight is 672 g/mol. The number of hydrogen-bond acceptors (Lipinski definition) is 7. The maximum absolute atomic E-state index is 14.2. The third-order valence-corrected chi connectivity index (χ3v) is 9.15. The zero-order valence-corrected chi connectivity index (χ0v) is 27.5. The van der Waals surface area contributed by atoms with Gasteiger partial charge in [0.25, 0.3) is 11.5 Å². The zero-order chi connectivity index (χ0) is 34.3. The number of aryl methyl sites for hydroxylation is 1. The maximum Gasteiger partial charge on any atom is 0.280 e. The van der Waals surface area contributed by atoms with Crippen molar-refractivity contribution in [3.63, 3.8) is 0 Å². The fourth-order valence-electron chi connectivity index (χ4n) is 5.76. The van der Waals surface area contributed by atoms with Gasteiger partial charge < -0.3 is 14.5 Å². The highest BCUT2D eigenvalue weighted by Gasteiger charge is 2.26. The van der Waals surface area contributed by atoms with E-state index in [2.05, 4.69) is 10.3 Å². The van der Waals surface area contributed by atoms with Gasteiger partial charge in [0.2, 0.25) is 0 Å². The predicted octanol–water partition coefficient (Wildman–Crippen LogP) is 5.78. The van der Waals surface area contributed by atoms with Gasteiger partial charge in [-0.25, -0.2) is 23.0 Å². The van der Waals surface area contributed by atoms with Crippen molar-refractivity contribution in [1.82, 2.24) is 19.9 Å². The smallest absolute Gasteiger partial charge is 0.280 e. The van der Waals surface area contributed by atoms with Crippen molar-refractivity contribution < 1.29 is 26.9 Å². The molecule has 3 heterocycles. The molecule has 3 aromatic carbocycles. The first-order valence-electron chi connectivity index (χ1n) is 14.8. The number of nitrogens with one attached hydrogen (secondary N) is 1. The molecule has 0 saturated heterocycles. The van der Waals surface area contributed by atoms with Crippen LogP contribution in [0, 0.1) is 18.6 Å². The monoisotopic (exact) mass is 671 g/mol. The number of nitrogens with zero attached hydrogens (tertiary/aromatic N) is 4. The summed E-state index contributed by atoms with van der Waals surface area (Å²) in [5, 5.41) is 3.08. The first-order chi connectivity index (χ1) is 23.0. The van der Waals surface area contributed by atoms with Gasteiger partial charge in [-0.3, -0.25) is 18.5 Å². The van der Waals surface area contributed by atoms with Crippen LogP contribution in [0.15, 0.2) is 82.0 Å². The quantitative estimate of drug-likeness (QED) is 0.207. The van der Waals surface area contributed by atoms with Crippen molar-refractivity contribution >= 4 is 44.6 Å². The van der Waals surface area contributed by atoms with E-state index in [1.807, 2.05) is 0 Å². The van der Waals surface area contributed by atoms with E-state index in [1.165, 1.54) is 65.7 Å². The Hall–Kier alpha value is -5.27. The molecule has 1 amide bonds. The Bertz CT molecular complexity index is 2270. The van der Waals surface area contributed by atoms with Crippen LogP contribution in [-0.2, 0) is 15.7 Å². The summed E-state index contributed by atoms with van der Waals surface area (Å²) in [4.78, 5) is 36.9. The number of furan rings is 1. The number of fused-ring (bicyclic) bond motifs is 2. The number of anilines is 1. The van der Waals surface area contributed by atoms with E-state index < -0.39 is 40.1 Å². The minimum absolute atomic E-state index is 0.0679. The van der Waals surface area contributed by atoms with Crippen LogP contribution < -0.4 is 15.2 Å². The molecule has 1 N–H and O–H groups in total. The topological polar surface area (TPSA) is 120 Å². The molecule has 10 nitrogen and oxygen atoms in total. The lowest BCUT2D eigenvalue weighted by molar-refractivity contribution is 0.0964. The number of amides is 1. The summed E-state index contributed by atoms with van der Waals surface area (Å²) < 4.78 is 54.9. The minimum atomic E-state index is -1.48. The Balaban J connectivity index is 1.60. The van der Waals surface area contributed by atoms with E-state index in [0.717, 1.165) is 0 Å². The molecule has 6 rings (SSSR count). The van der Waals surface area contributed by atoms with Gasteiger partial charge in [0.15, 0.2) is 5.52 Å². The van der Waals surface area contributed by atoms with Crippen molar-refractivity contribution in [3.05, 3.63) is 112 Å². The van der Waals surface area contributed by atoms with Gasteiger partial charge in [-0.15, -0.1) is 0 Å². The lowest BCUT2D eigenvalue weighted by atomic mass is 10.0. The van der Waals surface area contributed by atoms with Crippen molar-refractivity contribution in [2.24, 2.45) is 0 Å². The molecule has 1 unspecified atom stereocenters. The Labute approximate surface area is 276 Å². The Morgan fingerprint density at radius 3 is 2.33 bits per heavy atom. The van der Waals surface area contributed by atoms with Crippen LogP contribution in [0.4, 0.5) is 14.5 Å². The SMILES string of the molecule is CNC(=O)c1c(-c2ccc(F)cc2)oc2cc(N(C)S(C)=O)c(-c3ccc4nc(C)n([C@H](COC)c5ccc(F)cc5)c(=O)c4n3)cc12. The minimum Gasteiger partial charge on any atom is -0.455 e. The first-order valence-corrected chi connectivity index (χ1v) is 16.3. The molecule has 0 aliphatic rings. The molecule has 6 aromatic rings. The van der Waals surface area contributed by atoms with E-state index in [0.29, 0.717) is 50.4 Å². The Kier molecular flexibility index (Phi) is 8.91. The molecule has 3 aromatic heterocycles. The molecular formula is C35H31F2N5O5S. The molecule has 0 aliphatic carbocycles. The number of carbonyl (C=O) groups excluding carboxylic acids is 1. The molecule has 0 fully saturated rings. The predicted molar refractivity (Wildman–Crippen MR) is 181 cm³/mol. The summed E-state index contributed by atoms with van der Waals surface area (Å²) in [6, 6.07) is 17.5. The van der Waals surface area contributed by atoms with E-state index in [1.54, 1.807) is 50.4 Å². The van der Waals surface area contributed by atoms with Crippen LogP contribution in [0.2, 0.25) is 0 Å². The summed E-state index contributed by atoms with van der Waals surface area (Å²) in [5.74, 6) is -0.636. The van der Waals surface area contributed by atoms with Gasteiger partial charge in [-0.05, 0) is 67.1 Å². The zero-order valence-electron chi connectivity index (χ0n) is 26.7. The number of benzene rings is 3. The van der Waals surface area contributed by atoms with E-state index in [4.69, 9.17) is 14.1 Å². The molecule has 246 valence electrons. The third kappa shape index (κ3) is 5.86. The van der Waals surface area contributed by atoms with Crippen molar-refractivity contribution in [2.45, 2.75) is 13.0 Å². The molecule has 0 saturated carbocycles. The second kappa shape index (κ2) is 13.1. The van der Waals surface area contributed by atoms with Crippen molar-refractivity contribution in [1.29, 1.82) is 0 Å². The lowest BCUT2D eigenvalue weighted by Gasteiger charge is -2.22.